The number of halogens is 2. The van der Waals surface area contributed by atoms with E-state index in [1.807, 2.05) is 0 Å². The van der Waals surface area contributed by atoms with Crippen LogP contribution in [-0.4, -0.2) is 34.6 Å². The highest BCUT2D eigenvalue weighted by Gasteiger charge is 2.30. The zero-order valence-electron chi connectivity index (χ0n) is 10.4. The molecule has 1 fully saturated rings. The van der Waals surface area contributed by atoms with Crippen LogP contribution in [0.1, 0.15) is 18.2 Å². The van der Waals surface area contributed by atoms with Gasteiger partial charge in [0.15, 0.2) is 0 Å². The summed E-state index contributed by atoms with van der Waals surface area (Å²) in [6, 6.07) is 3.95. The van der Waals surface area contributed by atoms with Crippen LogP contribution in [0.15, 0.2) is 22.7 Å². The van der Waals surface area contributed by atoms with E-state index in [0.29, 0.717) is 31.1 Å². The fourth-order valence-corrected chi connectivity index (χ4v) is 2.38. The Balaban J connectivity index is 1.89. The largest absolute Gasteiger partial charge is 0.392 e. The van der Waals surface area contributed by atoms with Gasteiger partial charge in [-0.15, -0.1) is 0 Å². The second-order valence-electron chi connectivity index (χ2n) is 4.62. The molecule has 1 N–H and O–H groups in total. The summed E-state index contributed by atoms with van der Waals surface area (Å²) >= 11 is 5.95. The molecule has 1 aliphatic rings. The lowest BCUT2D eigenvalue weighted by atomic mass is 9.99. The molecule has 0 saturated carbocycles. The van der Waals surface area contributed by atoms with Gasteiger partial charge in [0.1, 0.15) is 5.82 Å². The van der Waals surface area contributed by atoms with Crippen molar-refractivity contribution in [2.45, 2.75) is 18.4 Å². The van der Waals surface area contributed by atoms with Gasteiger partial charge in [0.25, 0.3) is 0 Å². The Morgan fingerprint density at radius 1 is 1.40 bits per heavy atom. The summed E-state index contributed by atoms with van der Waals surface area (Å²) < 4.78 is 23.5. The number of rotatable bonds is 2. The number of nitrogens with zero attached hydrogens (tertiary/aromatic N) is 2. The molecule has 5 nitrogen and oxygen atoms in total. The zero-order chi connectivity index (χ0) is 14.1. The SMILES string of the molecule is OC1CCOCC1c1nc(-c2ccc(F)cc2Cl)no1. The van der Waals surface area contributed by atoms with E-state index < -0.39 is 11.9 Å². The molecule has 0 amide bonds. The highest BCUT2D eigenvalue weighted by molar-refractivity contribution is 6.33. The second-order valence-corrected chi connectivity index (χ2v) is 5.03. The van der Waals surface area contributed by atoms with E-state index in [1.54, 1.807) is 0 Å². The van der Waals surface area contributed by atoms with Gasteiger partial charge in [0.2, 0.25) is 11.7 Å². The highest BCUT2D eigenvalue weighted by Crippen LogP contribution is 2.30. The molecule has 1 aromatic heterocycles. The van der Waals surface area contributed by atoms with Gasteiger partial charge in [-0.25, -0.2) is 4.39 Å². The van der Waals surface area contributed by atoms with Gasteiger partial charge >= 0.3 is 0 Å². The Morgan fingerprint density at radius 3 is 3.00 bits per heavy atom. The molecular weight excluding hydrogens is 287 g/mol. The molecule has 0 bridgehead atoms. The smallest absolute Gasteiger partial charge is 0.235 e. The molecule has 2 heterocycles. The molecule has 20 heavy (non-hydrogen) atoms. The van der Waals surface area contributed by atoms with Crippen molar-refractivity contribution in [3.05, 3.63) is 34.9 Å². The van der Waals surface area contributed by atoms with E-state index in [2.05, 4.69) is 10.1 Å². The van der Waals surface area contributed by atoms with Crippen LogP contribution in [0.25, 0.3) is 11.4 Å². The Bertz CT molecular complexity index is 619. The summed E-state index contributed by atoms with van der Waals surface area (Å²) in [6.45, 7) is 0.850. The number of hydrogen-bond acceptors (Lipinski definition) is 5. The number of aliphatic hydroxyl groups excluding tert-OH is 1. The highest BCUT2D eigenvalue weighted by atomic mass is 35.5. The summed E-state index contributed by atoms with van der Waals surface area (Å²) in [7, 11) is 0. The lowest BCUT2D eigenvalue weighted by molar-refractivity contribution is -0.0149. The first-order valence-electron chi connectivity index (χ1n) is 6.20. The summed E-state index contributed by atoms with van der Waals surface area (Å²) in [5, 5.41) is 13.9. The van der Waals surface area contributed by atoms with Crippen molar-refractivity contribution in [3.8, 4) is 11.4 Å². The molecule has 3 rings (SSSR count). The molecule has 1 aromatic carbocycles. The molecule has 0 radical (unpaired) electrons. The third-order valence-corrected chi connectivity index (χ3v) is 3.56. The van der Waals surface area contributed by atoms with Crippen molar-refractivity contribution in [2.75, 3.05) is 13.2 Å². The maximum absolute atomic E-state index is 13.0. The molecule has 1 aliphatic heterocycles. The summed E-state index contributed by atoms with van der Waals surface area (Å²) in [5.41, 5.74) is 0.481. The van der Waals surface area contributed by atoms with E-state index in [1.165, 1.54) is 18.2 Å². The molecule has 1 saturated heterocycles. The van der Waals surface area contributed by atoms with Gasteiger partial charge in [-0.3, -0.25) is 0 Å². The van der Waals surface area contributed by atoms with Crippen LogP contribution in [0.5, 0.6) is 0 Å². The van der Waals surface area contributed by atoms with Crippen molar-refractivity contribution in [1.82, 2.24) is 10.1 Å². The summed E-state index contributed by atoms with van der Waals surface area (Å²) in [4.78, 5) is 4.22. The van der Waals surface area contributed by atoms with Crippen LogP contribution in [-0.2, 0) is 4.74 Å². The van der Waals surface area contributed by atoms with Crippen LogP contribution in [0, 0.1) is 5.82 Å². The molecule has 0 spiro atoms. The van der Waals surface area contributed by atoms with Gasteiger partial charge in [-0.05, 0) is 24.6 Å². The standard InChI is InChI=1S/C13H12ClFN2O3/c14-10-5-7(15)1-2-8(10)12-16-13(20-17-12)9-6-19-4-3-11(9)18/h1-2,5,9,11,18H,3-4,6H2. The number of aliphatic hydroxyl groups is 1. The fraction of sp³-hybridized carbons (Fsp3) is 0.385. The second kappa shape index (κ2) is 5.47. The summed E-state index contributed by atoms with van der Waals surface area (Å²) in [5.74, 6) is -0.210. The minimum atomic E-state index is -0.569. The van der Waals surface area contributed by atoms with Gasteiger partial charge in [-0.2, -0.15) is 4.98 Å². The van der Waals surface area contributed by atoms with Crippen LogP contribution in [0.4, 0.5) is 4.39 Å². The summed E-state index contributed by atoms with van der Waals surface area (Å²) in [6.07, 6.45) is -0.0413. The van der Waals surface area contributed by atoms with E-state index in [9.17, 15) is 9.50 Å². The zero-order valence-corrected chi connectivity index (χ0v) is 11.2. The topological polar surface area (TPSA) is 68.4 Å². The van der Waals surface area contributed by atoms with Crippen molar-refractivity contribution in [3.63, 3.8) is 0 Å². The molecule has 7 heteroatoms. The minimum absolute atomic E-state index is 0.206. The Labute approximate surface area is 119 Å². The van der Waals surface area contributed by atoms with Crippen LogP contribution in [0.3, 0.4) is 0 Å². The molecule has 0 aliphatic carbocycles. The van der Waals surface area contributed by atoms with Crippen LogP contribution >= 0.6 is 11.6 Å². The van der Waals surface area contributed by atoms with Gasteiger partial charge in [0, 0.05) is 12.2 Å². The number of aromatic nitrogens is 2. The Kier molecular flexibility index (Phi) is 3.69. The average molecular weight is 299 g/mol. The molecule has 2 aromatic rings. The van der Waals surface area contributed by atoms with E-state index in [-0.39, 0.29) is 16.8 Å². The minimum Gasteiger partial charge on any atom is -0.392 e. The molecule has 106 valence electrons. The predicted molar refractivity (Wildman–Crippen MR) is 68.9 cm³/mol. The van der Waals surface area contributed by atoms with Crippen molar-refractivity contribution >= 4 is 11.6 Å². The molecular formula is C13H12ClFN2O3. The maximum atomic E-state index is 13.0. The number of ether oxygens (including phenoxy) is 1. The average Bonchev–Trinajstić information content (AvgIpc) is 2.88. The van der Waals surface area contributed by atoms with Crippen molar-refractivity contribution < 1.29 is 18.8 Å². The first kappa shape index (κ1) is 13.5. The lowest BCUT2D eigenvalue weighted by Crippen LogP contribution is -2.30. The fourth-order valence-electron chi connectivity index (χ4n) is 2.13. The number of hydrogen-bond donors (Lipinski definition) is 1. The quantitative estimate of drug-likeness (QED) is 0.922. The van der Waals surface area contributed by atoms with Gasteiger partial charge in [0.05, 0.1) is 23.7 Å². The monoisotopic (exact) mass is 298 g/mol. The van der Waals surface area contributed by atoms with Crippen LogP contribution < -0.4 is 0 Å². The maximum Gasteiger partial charge on any atom is 0.235 e. The predicted octanol–water partition coefficient (Wildman–Crippen LogP) is 2.39. The van der Waals surface area contributed by atoms with E-state index in [0.717, 1.165) is 0 Å². The Hall–Kier alpha value is -1.50. The first-order chi connectivity index (χ1) is 9.65. The van der Waals surface area contributed by atoms with Crippen LogP contribution in [0.2, 0.25) is 5.02 Å². The lowest BCUT2D eigenvalue weighted by Gasteiger charge is -2.24. The Morgan fingerprint density at radius 2 is 2.25 bits per heavy atom. The third-order valence-electron chi connectivity index (χ3n) is 3.25. The normalized spacial score (nSPS) is 22.9. The van der Waals surface area contributed by atoms with Gasteiger partial charge < -0.3 is 14.4 Å². The first-order valence-corrected chi connectivity index (χ1v) is 6.58. The van der Waals surface area contributed by atoms with Crippen molar-refractivity contribution in [1.29, 1.82) is 0 Å². The van der Waals surface area contributed by atoms with Crippen molar-refractivity contribution in [2.24, 2.45) is 0 Å². The van der Waals surface area contributed by atoms with E-state index in [4.69, 9.17) is 20.9 Å². The number of benzene rings is 1. The molecule has 2 atom stereocenters. The van der Waals surface area contributed by atoms with E-state index >= 15 is 0 Å². The third kappa shape index (κ3) is 2.54. The van der Waals surface area contributed by atoms with Gasteiger partial charge in [-0.1, -0.05) is 16.8 Å². The molecule has 2 unspecified atom stereocenters.